The largest absolute Gasteiger partial charge is 0.461 e. The van der Waals surface area contributed by atoms with Gasteiger partial charge in [0.1, 0.15) is 5.69 Å². The predicted molar refractivity (Wildman–Crippen MR) is 86.9 cm³/mol. The summed E-state index contributed by atoms with van der Waals surface area (Å²) in [4.78, 5) is 14.5. The minimum absolute atomic E-state index is 0.248. The molecule has 6 heteroatoms. The van der Waals surface area contributed by atoms with Crippen LogP contribution in [0, 0.1) is 0 Å². The zero-order valence-corrected chi connectivity index (χ0v) is 13.4. The number of piperidine rings is 1. The van der Waals surface area contributed by atoms with Crippen molar-refractivity contribution >= 4 is 5.97 Å². The molecule has 1 N–H and O–H groups in total. The molecule has 0 unspecified atom stereocenters. The van der Waals surface area contributed by atoms with Gasteiger partial charge in [-0.2, -0.15) is 10.3 Å². The molecule has 1 fully saturated rings. The minimum Gasteiger partial charge on any atom is -0.461 e. The smallest absolute Gasteiger partial charge is 0.361 e. The highest BCUT2D eigenvalue weighted by Gasteiger charge is 2.21. The van der Waals surface area contributed by atoms with Crippen LogP contribution in [0.2, 0.25) is 0 Å². The van der Waals surface area contributed by atoms with Crippen molar-refractivity contribution in [3.8, 4) is 11.3 Å². The lowest BCUT2D eigenvalue weighted by Crippen LogP contribution is -2.29. The fraction of sp³-hybridized carbons (Fsp3) is 0.471. The highest BCUT2D eigenvalue weighted by Crippen LogP contribution is 2.26. The van der Waals surface area contributed by atoms with E-state index < -0.39 is 5.97 Å². The van der Waals surface area contributed by atoms with Crippen LogP contribution in [-0.2, 0) is 11.3 Å². The number of H-pyrrole nitrogens is 1. The van der Waals surface area contributed by atoms with E-state index in [-0.39, 0.29) is 5.69 Å². The van der Waals surface area contributed by atoms with Crippen LogP contribution < -0.4 is 0 Å². The van der Waals surface area contributed by atoms with Gasteiger partial charge < -0.3 is 4.74 Å². The molecule has 1 aliphatic rings. The summed E-state index contributed by atoms with van der Waals surface area (Å²) in [6.45, 7) is 5.21. The molecule has 2 aromatic rings. The number of carbonyl (C=O) groups excluding carboxylic acids is 1. The first-order valence-corrected chi connectivity index (χ1v) is 8.18. The Morgan fingerprint density at radius 3 is 2.78 bits per heavy atom. The number of ether oxygens (including phenoxy) is 1. The Labute approximate surface area is 135 Å². The molecule has 0 spiro atoms. The van der Waals surface area contributed by atoms with E-state index in [2.05, 4.69) is 26.4 Å². The van der Waals surface area contributed by atoms with Gasteiger partial charge >= 0.3 is 5.97 Å². The number of rotatable bonds is 5. The van der Waals surface area contributed by atoms with Crippen LogP contribution in [0.4, 0.5) is 0 Å². The van der Waals surface area contributed by atoms with Gasteiger partial charge in [-0.3, -0.25) is 4.90 Å². The van der Waals surface area contributed by atoms with Crippen molar-refractivity contribution in [2.45, 2.75) is 32.7 Å². The summed E-state index contributed by atoms with van der Waals surface area (Å²) in [5.74, 6) is -0.441. The maximum Gasteiger partial charge on any atom is 0.361 e. The number of carbonyl (C=O) groups is 1. The second-order valence-corrected chi connectivity index (χ2v) is 5.74. The summed E-state index contributed by atoms with van der Waals surface area (Å²) in [7, 11) is 0. The standard InChI is InChI=1S/C17H22N4O2/c1-2-23-17(22)16-15(18-20-19-16)14-9-5-4-8-13(14)12-21-10-6-3-7-11-21/h4-5,8-9H,2-3,6-7,10-12H2,1H3,(H,18,19,20). The first kappa shape index (κ1) is 15.7. The van der Waals surface area contributed by atoms with Crippen molar-refractivity contribution < 1.29 is 9.53 Å². The normalized spacial score (nSPS) is 15.5. The molecule has 3 rings (SSSR count). The fourth-order valence-electron chi connectivity index (χ4n) is 3.01. The maximum absolute atomic E-state index is 12.0. The summed E-state index contributed by atoms with van der Waals surface area (Å²) in [6.07, 6.45) is 3.81. The highest BCUT2D eigenvalue weighted by molar-refractivity contribution is 5.94. The molecule has 1 aromatic carbocycles. The van der Waals surface area contributed by atoms with Gasteiger partial charge in [-0.15, -0.1) is 5.10 Å². The molecule has 1 aromatic heterocycles. The summed E-state index contributed by atoms with van der Waals surface area (Å²) in [6, 6.07) is 8.05. The first-order chi connectivity index (χ1) is 11.3. The molecule has 0 radical (unpaired) electrons. The number of benzene rings is 1. The van der Waals surface area contributed by atoms with Crippen LogP contribution in [0.3, 0.4) is 0 Å². The second-order valence-electron chi connectivity index (χ2n) is 5.74. The van der Waals surface area contributed by atoms with Crippen molar-refractivity contribution in [3.05, 3.63) is 35.5 Å². The first-order valence-electron chi connectivity index (χ1n) is 8.18. The van der Waals surface area contributed by atoms with E-state index in [1.807, 2.05) is 18.2 Å². The molecule has 0 saturated carbocycles. The van der Waals surface area contributed by atoms with E-state index in [4.69, 9.17) is 4.74 Å². The molecule has 1 saturated heterocycles. The van der Waals surface area contributed by atoms with Crippen LogP contribution in [0.25, 0.3) is 11.3 Å². The van der Waals surface area contributed by atoms with Gasteiger partial charge in [0.05, 0.1) is 6.61 Å². The topological polar surface area (TPSA) is 71.1 Å². The highest BCUT2D eigenvalue weighted by atomic mass is 16.5. The molecule has 122 valence electrons. The second kappa shape index (κ2) is 7.37. The Morgan fingerprint density at radius 1 is 1.22 bits per heavy atom. The third-order valence-corrected chi connectivity index (χ3v) is 4.13. The van der Waals surface area contributed by atoms with Crippen molar-refractivity contribution in [1.29, 1.82) is 0 Å². The summed E-state index contributed by atoms with van der Waals surface area (Å²) in [5.41, 5.74) is 2.91. The quantitative estimate of drug-likeness (QED) is 0.859. The summed E-state index contributed by atoms with van der Waals surface area (Å²) < 4.78 is 5.07. The van der Waals surface area contributed by atoms with Crippen molar-refractivity contribution in [1.82, 2.24) is 20.3 Å². The molecule has 6 nitrogen and oxygen atoms in total. The Morgan fingerprint density at radius 2 is 2.00 bits per heavy atom. The third kappa shape index (κ3) is 3.59. The lowest BCUT2D eigenvalue weighted by atomic mass is 10.0. The lowest BCUT2D eigenvalue weighted by Gasteiger charge is -2.27. The Balaban J connectivity index is 1.88. The van der Waals surface area contributed by atoms with Gasteiger partial charge in [-0.05, 0) is 38.4 Å². The number of aromatic amines is 1. The van der Waals surface area contributed by atoms with Crippen LogP contribution in [-0.4, -0.2) is 46.0 Å². The maximum atomic E-state index is 12.0. The Kier molecular flexibility index (Phi) is 5.02. The van der Waals surface area contributed by atoms with Crippen molar-refractivity contribution in [2.75, 3.05) is 19.7 Å². The van der Waals surface area contributed by atoms with Gasteiger partial charge in [0, 0.05) is 12.1 Å². The third-order valence-electron chi connectivity index (χ3n) is 4.13. The summed E-state index contributed by atoms with van der Waals surface area (Å²) in [5, 5.41) is 10.7. The van der Waals surface area contributed by atoms with E-state index in [0.717, 1.165) is 30.8 Å². The van der Waals surface area contributed by atoms with Gasteiger partial charge in [0.25, 0.3) is 0 Å². The van der Waals surface area contributed by atoms with Crippen LogP contribution >= 0.6 is 0 Å². The van der Waals surface area contributed by atoms with Gasteiger partial charge in [0.15, 0.2) is 5.69 Å². The van der Waals surface area contributed by atoms with E-state index >= 15 is 0 Å². The fourth-order valence-corrected chi connectivity index (χ4v) is 3.01. The number of likely N-dealkylation sites (tertiary alicyclic amines) is 1. The van der Waals surface area contributed by atoms with Crippen molar-refractivity contribution in [3.63, 3.8) is 0 Å². The lowest BCUT2D eigenvalue weighted by molar-refractivity contribution is 0.0520. The zero-order chi connectivity index (χ0) is 16.1. The average Bonchev–Trinajstić information content (AvgIpc) is 3.06. The van der Waals surface area contributed by atoms with Gasteiger partial charge in [-0.1, -0.05) is 30.7 Å². The number of esters is 1. The van der Waals surface area contributed by atoms with E-state index in [0.29, 0.717) is 12.3 Å². The number of hydrogen-bond acceptors (Lipinski definition) is 5. The van der Waals surface area contributed by atoms with Crippen molar-refractivity contribution in [2.24, 2.45) is 0 Å². The number of hydrogen-bond donors (Lipinski definition) is 1. The Hall–Kier alpha value is -2.21. The number of nitrogens with zero attached hydrogens (tertiary/aromatic N) is 3. The zero-order valence-electron chi connectivity index (χ0n) is 13.4. The molecule has 0 aliphatic carbocycles. The monoisotopic (exact) mass is 314 g/mol. The van der Waals surface area contributed by atoms with E-state index in [1.54, 1.807) is 6.92 Å². The molecule has 23 heavy (non-hydrogen) atoms. The molecular weight excluding hydrogens is 292 g/mol. The molecule has 0 amide bonds. The molecule has 0 bridgehead atoms. The predicted octanol–water partition coefficient (Wildman–Crippen LogP) is 2.63. The molecular formula is C17H22N4O2. The van der Waals surface area contributed by atoms with Crippen LogP contribution in [0.1, 0.15) is 42.2 Å². The number of nitrogens with one attached hydrogen (secondary N) is 1. The molecule has 0 atom stereocenters. The van der Waals surface area contributed by atoms with Crippen LogP contribution in [0.5, 0.6) is 0 Å². The van der Waals surface area contributed by atoms with Crippen LogP contribution in [0.15, 0.2) is 24.3 Å². The SMILES string of the molecule is CCOC(=O)c1n[nH]nc1-c1ccccc1CN1CCCCC1. The average molecular weight is 314 g/mol. The van der Waals surface area contributed by atoms with E-state index in [1.165, 1.54) is 19.3 Å². The van der Waals surface area contributed by atoms with Gasteiger partial charge in [0.2, 0.25) is 0 Å². The Bertz CT molecular complexity index is 662. The minimum atomic E-state index is -0.441. The molecule has 2 heterocycles. The number of aromatic nitrogens is 3. The summed E-state index contributed by atoms with van der Waals surface area (Å²) >= 11 is 0. The van der Waals surface area contributed by atoms with E-state index in [9.17, 15) is 4.79 Å². The molecule has 1 aliphatic heterocycles. The van der Waals surface area contributed by atoms with Gasteiger partial charge in [-0.25, -0.2) is 4.79 Å².